The first-order chi connectivity index (χ1) is 14.9. The van der Waals surface area contributed by atoms with Gasteiger partial charge in [0.25, 0.3) is 0 Å². The summed E-state index contributed by atoms with van der Waals surface area (Å²) >= 11 is 5.23. The van der Waals surface area contributed by atoms with Gasteiger partial charge >= 0.3 is 0 Å². The number of carbonyl (C=O) groups excluding carboxylic acids is 2. The van der Waals surface area contributed by atoms with Crippen molar-refractivity contribution in [2.24, 2.45) is 0 Å². The molecule has 0 radical (unpaired) electrons. The van der Waals surface area contributed by atoms with Crippen molar-refractivity contribution in [2.75, 3.05) is 11.9 Å². The van der Waals surface area contributed by atoms with Crippen molar-refractivity contribution >= 4 is 55.4 Å². The molecule has 0 fully saturated rings. The molecule has 0 bridgehead atoms. The molecular formula is C24H28BrN3O2S. The van der Waals surface area contributed by atoms with Crippen molar-refractivity contribution in [3.8, 4) is 0 Å². The largest absolute Gasteiger partial charge is 0.352 e. The number of hydrogen-bond acceptors (Lipinski definition) is 4. The van der Waals surface area contributed by atoms with E-state index in [1.165, 1.54) is 10.1 Å². The number of likely N-dealkylation sites (N-methyl/N-ethyl adjacent to an activating group) is 1. The second-order valence-electron chi connectivity index (χ2n) is 7.72. The zero-order valence-corrected chi connectivity index (χ0v) is 20.4. The van der Waals surface area contributed by atoms with E-state index in [0.717, 1.165) is 40.5 Å². The van der Waals surface area contributed by atoms with Crippen molar-refractivity contribution in [1.82, 2.24) is 10.6 Å². The molecule has 2 N–H and O–H groups in total. The molecule has 1 aromatic heterocycles. The van der Waals surface area contributed by atoms with Crippen LogP contribution in [-0.2, 0) is 22.6 Å². The second kappa shape index (κ2) is 10.9. The SMILES string of the molecule is CN[C@@H](C)C(=O)NC(C)CCc1ccccc1N(C=O)Cc1csc2ccc(Br)cc12. The lowest BCUT2D eigenvalue weighted by atomic mass is 10.0. The second-order valence-corrected chi connectivity index (χ2v) is 9.55. The fourth-order valence-electron chi connectivity index (χ4n) is 3.48. The van der Waals surface area contributed by atoms with Gasteiger partial charge in [-0.05, 0) is 79.9 Å². The van der Waals surface area contributed by atoms with Gasteiger partial charge in [-0.1, -0.05) is 34.1 Å². The molecule has 2 atom stereocenters. The molecule has 1 heterocycles. The third kappa shape index (κ3) is 5.93. The molecule has 5 nitrogen and oxygen atoms in total. The van der Waals surface area contributed by atoms with E-state index >= 15 is 0 Å². The number of carbonyl (C=O) groups is 2. The van der Waals surface area contributed by atoms with Gasteiger partial charge in [0.2, 0.25) is 12.3 Å². The lowest BCUT2D eigenvalue weighted by Gasteiger charge is -2.22. The van der Waals surface area contributed by atoms with Crippen LogP contribution in [-0.4, -0.2) is 31.4 Å². The highest BCUT2D eigenvalue weighted by Gasteiger charge is 2.16. The van der Waals surface area contributed by atoms with Gasteiger partial charge in [-0.25, -0.2) is 0 Å². The minimum absolute atomic E-state index is 0.00620. The van der Waals surface area contributed by atoms with Crippen molar-refractivity contribution in [1.29, 1.82) is 0 Å². The van der Waals surface area contributed by atoms with Crippen molar-refractivity contribution in [2.45, 2.75) is 45.3 Å². The van der Waals surface area contributed by atoms with Crippen molar-refractivity contribution in [3.63, 3.8) is 0 Å². The normalized spacial score (nSPS) is 13.0. The maximum absolute atomic E-state index is 12.1. The average molecular weight is 502 g/mol. The Hall–Kier alpha value is -2.22. The molecule has 1 unspecified atom stereocenters. The van der Waals surface area contributed by atoms with Crippen LogP contribution in [0.2, 0.25) is 0 Å². The number of nitrogens with one attached hydrogen (secondary N) is 2. The van der Waals surface area contributed by atoms with Crippen LogP contribution in [0.4, 0.5) is 5.69 Å². The highest BCUT2D eigenvalue weighted by Crippen LogP contribution is 2.31. The van der Waals surface area contributed by atoms with E-state index in [-0.39, 0.29) is 18.0 Å². The molecule has 0 aliphatic heterocycles. The summed E-state index contributed by atoms with van der Waals surface area (Å²) in [6.07, 6.45) is 2.46. The summed E-state index contributed by atoms with van der Waals surface area (Å²) in [5, 5.41) is 9.28. The van der Waals surface area contributed by atoms with Gasteiger partial charge in [0.05, 0.1) is 12.6 Å². The number of benzene rings is 2. The van der Waals surface area contributed by atoms with Gasteiger partial charge in [-0.2, -0.15) is 0 Å². The molecule has 0 saturated carbocycles. The Kier molecular flexibility index (Phi) is 8.23. The van der Waals surface area contributed by atoms with Crippen LogP contribution in [0, 0.1) is 0 Å². The Morgan fingerprint density at radius 2 is 1.97 bits per heavy atom. The number of hydrogen-bond donors (Lipinski definition) is 2. The monoisotopic (exact) mass is 501 g/mol. The summed E-state index contributed by atoms with van der Waals surface area (Å²) in [4.78, 5) is 25.9. The van der Waals surface area contributed by atoms with Gasteiger partial charge in [0.15, 0.2) is 0 Å². The molecule has 2 amide bonds. The number of thiophene rings is 1. The Labute approximate surface area is 196 Å². The van der Waals surface area contributed by atoms with E-state index < -0.39 is 0 Å². The van der Waals surface area contributed by atoms with E-state index in [0.29, 0.717) is 6.54 Å². The molecule has 0 aliphatic rings. The summed E-state index contributed by atoms with van der Waals surface area (Å²) in [7, 11) is 1.77. The van der Waals surface area contributed by atoms with Gasteiger partial charge in [0.1, 0.15) is 0 Å². The van der Waals surface area contributed by atoms with Crippen LogP contribution >= 0.6 is 27.3 Å². The van der Waals surface area contributed by atoms with Gasteiger partial charge in [-0.3, -0.25) is 9.59 Å². The summed E-state index contributed by atoms with van der Waals surface area (Å²) in [5.74, 6) is -0.00620. The fraction of sp³-hybridized carbons (Fsp3) is 0.333. The zero-order valence-electron chi connectivity index (χ0n) is 18.0. The van der Waals surface area contributed by atoms with Crippen LogP contribution in [0.15, 0.2) is 52.3 Å². The van der Waals surface area contributed by atoms with Gasteiger partial charge in [0, 0.05) is 20.9 Å². The Bertz CT molecular complexity index is 1050. The summed E-state index contributed by atoms with van der Waals surface area (Å²) in [6, 6.07) is 14.0. The molecule has 2 aromatic carbocycles. The average Bonchev–Trinajstić information content (AvgIpc) is 3.17. The number of nitrogens with zero attached hydrogens (tertiary/aromatic N) is 1. The van der Waals surface area contributed by atoms with Crippen LogP contribution < -0.4 is 15.5 Å². The van der Waals surface area contributed by atoms with Crippen molar-refractivity contribution < 1.29 is 9.59 Å². The van der Waals surface area contributed by atoms with Crippen LogP contribution in [0.5, 0.6) is 0 Å². The first-order valence-corrected chi connectivity index (χ1v) is 12.0. The lowest BCUT2D eigenvalue weighted by molar-refractivity contribution is -0.123. The topological polar surface area (TPSA) is 61.4 Å². The maximum Gasteiger partial charge on any atom is 0.237 e. The van der Waals surface area contributed by atoms with Gasteiger partial charge in [-0.15, -0.1) is 11.3 Å². The van der Waals surface area contributed by atoms with E-state index in [1.54, 1.807) is 23.3 Å². The summed E-state index contributed by atoms with van der Waals surface area (Å²) in [5.41, 5.74) is 3.14. The molecule has 0 aliphatic carbocycles. The van der Waals surface area contributed by atoms with Crippen LogP contribution in [0.3, 0.4) is 0 Å². The minimum Gasteiger partial charge on any atom is -0.352 e. The number of fused-ring (bicyclic) bond motifs is 1. The molecular weight excluding hydrogens is 474 g/mol. The summed E-state index contributed by atoms with van der Waals surface area (Å²) < 4.78 is 2.24. The molecule has 3 rings (SSSR count). The standard InChI is InChI=1S/C24H28BrN3O2S/c1-16(27-24(30)17(2)26-3)8-9-18-6-4-5-7-22(18)28(15-29)13-19-14-31-23-11-10-20(25)12-21(19)23/h4-7,10-12,14-17,26H,8-9,13H2,1-3H3,(H,27,30)/t16?,17-/m0/s1. The number of anilines is 1. The third-order valence-corrected chi connectivity index (χ3v) is 6.95. The zero-order chi connectivity index (χ0) is 22.4. The van der Waals surface area contributed by atoms with E-state index in [9.17, 15) is 9.59 Å². The van der Waals surface area contributed by atoms with Crippen molar-refractivity contribution in [3.05, 3.63) is 63.4 Å². The first-order valence-electron chi connectivity index (χ1n) is 10.4. The van der Waals surface area contributed by atoms with E-state index in [4.69, 9.17) is 0 Å². The maximum atomic E-state index is 12.1. The summed E-state index contributed by atoms with van der Waals surface area (Å²) in [6.45, 7) is 4.37. The van der Waals surface area contributed by atoms with E-state index in [2.05, 4.69) is 50.1 Å². The first kappa shape index (κ1) is 23.4. The predicted molar refractivity (Wildman–Crippen MR) is 133 cm³/mol. The molecule has 0 spiro atoms. The van der Waals surface area contributed by atoms with Crippen LogP contribution in [0.1, 0.15) is 31.4 Å². The minimum atomic E-state index is -0.222. The fourth-order valence-corrected chi connectivity index (χ4v) is 4.78. The molecule has 7 heteroatoms. The number of rotatable bonds is 10. The highest BCUT2D eigenvalue weighted by molar-refractivity contribution is 9.10. The lowest BCUT2D eigenvalue weighted by Crippen LogP contribution is -2.44. The van der Waals surface area contributed by atoms with Crippen LogP contribution in [0.25, 0.3) is 10.1 Å². The third-order valence-electron chi connectivity index (χ3n) is 5.45. The predicted octanol–water partition coefficient (Wildman–Crippen LogP) is 4.87. The van der Waals surface area contributed by atoms with Gasteiger partial charge < -0.3 is 15.5 Å². The Morgan fingerprint density at radius 3 is 2.71 bits per heavy atom. The highest BCUT2D eigenvalue weighted by atomic mass is 79.9. The number of halogens is 1. The Morgan fingerprint density at radius 1 is 1.19 bits per heavy atom. The Balaban J connectivity index is 1.73. The molecule has 164 valence electrons. The number of aryl methyl sites for hydroxylation is 1. The quantitative estimate of drug-likeness (QED) is 0.389. The van der Waals surface area contributed by atoms with E-state index in [1.807, 2.05) is 38.1 Å². The smallest absolute Gasteiger partial charge is 0.237 e. The number of para-hydroxylation sites is 1. The molecule has 31 heavy (non-hydrogen) atoms. The molecule has 3 aromatic rings. The molecule has 0 saturated heterocycles. The number of amides is 2.